The first kappa shape index (κ1) is 16.4. The first-order chi connectivity index (χ1) is 9.72. The van der Waals surface area contributed by atoms with E-state index >= 15 is 0 Å². The lowest BCUT2D eigenvalue weighted by Gasteiger charge is -2.31. The van der Waals surface area contributed by atoms with E-state index in [1.165, 1.54) is 18.4 Å². The number of hydrogen-bond donors (Lipinski definition) is 1. The maximum atomic E-state index is 6.11. The Morgan fingerprint density at radius 2 is 2.24 bits per heavy atom. The van der Waals surface area contributed by atoms with Gasteiger partial charge in [-0.2, -0.15) is 0 Å². The van der Waals surface area contributed by atoms with E-state index in [1.807, 2.05) is 12.1 Å². The largest absolute Gasteiger partial charge is 0.488 e. The van der Waals surface area contributed by atoms with Crippen LogP contribution in [0.25, 0.3) is 0 Å². The number of likely N-dealkylation sites (tertiary alicyclic amines) is 1. The fourth-order valence-electron chi connectivity index (χ4n) is 3.05. The molecule has 1 aromatic rings. The molecule has 0 aliphatic carbocycles. The number of fused-ring (bicyclic) bond motifs is 1. The van der Waals surface area contributed by atoms with Gasteiger partial charge in [0.15, 0.2) is 5.96 Å². The fourth-order valence-corrected chi connectivity index (χ4v) is 3.05. The molecule has 116 valence electrons. The summed E-state index contributed by atoms with van der Waals surface area (Å²) in [6.07, 6.45) is 3.57. The zero-order valence-corrected chi connectivity index (χ0v) is 14.8. The van der Waals surface area contributed by atoms with E-state index in [4.69, 9.17) is 10.5 Å². The van der Waals surface area contributed by atoms with Gasteiger partial charge in [-0.05, 0) is 30.4 Å². The number of nitrogens with two attached hydrogens (primary N) is 1. The second-order valence-corrected chi connectivity index (χ2v) is 5.94. The third-order valence-electron chi connectivity index (χ3n) is 4.15. The van der Waals surface area contributed by atoms with Crippen molar-refractivity contribution in [2.75, 3.05) is 19.6 Å². The normalized spacial score (nSPS) is 25.0. The quantitative estimate of drug-likeness (QED) is 0.471. The van der Waals surface area contributed by atoms with E-state index in [9.17, 15) is 0 Å². The summed E-state index contributed by atoms with van der Waals surface area (Å²) in [5.74, 6) is 2.39. The summed E-state index contributed by atoms with van der Waals surface area (Å²) in [6.45, 7) is 4.98. The molecule has 0 spiro atoms. The van der Waals surface area contributed by atoms with Gasteiger partial charge in [0, 0.05) is 19.5 Å². The smallest absolute Gasteiger partial charge is 0.191 e. The molecule has 1 fully saturated rings. The van der Waals surface area contributed by atoms with Crippen molar-refractivity contribution in [1.82, 2.24) is 4.90 Å². The summed E-state index contributed by atoms with van der Waals surface area (Å²) < 4.78 is 5.88. The predicted octanol–water partition coefficient (Wildman–Crippen LogP) is 2.65. The van der Waals surface area contributed by atoms with Crippen LogP contribution in [0.2, 0.25) is 0 Å². The van der Waals surface area contributed by atoms with Crippen LogP contribution >= 0.6 is 24.0 Å². The first-order valence-electron chi connectivity index (χ1n) is 7.52. The van der Waals surface area contributed by atoms with Gasteiger partial charge in [0.25, 0.3) is 0 Å². The molecule has 0 radical (unpaired) electrons. The molecule has 2 aliphatic heterocycles. The van der Waals surface area contributed by atoms with Crippen molar-refractivity contribution in [2.24, 2.45) is 16.6 Å². The molecule has 2 aliphatic rings. The highest BCUT2D eigenvalue weighted by Crippen LogP contribution is 2.28. The van der Waals surface area contributed by atoms with E-state index < -0.39 is 0 Å². The zero-order chi connectivity index (χ0) is 13.9. The van der Waals surface area contributed by atoms with Crippen molar-refractivity contribution < 1.29 is 4.74 Å². The van der Waals surface area contributed by atoms with Gasteiger partial charge in [0.1, 0.15) is 11.9 Å². The van der Waals surface area contributed by atoms with Crippen LogP contribution in [0.4, 0.5) is 0 Å². The van der Waals surface area contributed by atoms with Crippen LogP contribution in [0.5, 0.6) is 5.75 Å². The summed E-state index contributed by atoms with van der Waals surface area (Å²) in [6, 6.07) is 8.20. The van der Waals surface area contributed by atoms with Crippen LogP contribution in [0.15, 0.2) is 29.3 Å². The third-order valence-corrected chi connectivity index (χ3v) is 4.15. The Bertz CT molecular complexity index is 481. The molecule has 0 amide bonds. The monoisotopic (exact) mass is 401 g/mol. The standard InChI is InChI=1S/C16H23N3O.HI/c1-12-5-4-8-19(11-12)16(17)18-10-14-9-13-6-2-3-7-15(13)20-14;/h2-3,6-7,12,14H,4-5,8-11H2,1H3,(H2,17,18);1H. The second kappa shape index (κ2) is 7.33. The molecule has 0 bridgehead atoms. The summed E-state index contributed by atoms with van der Waals surface area (Å²) in [7, 11) is 0. The summed E-state index contributed by atoms with van der Waals surface area (Å²) in [5, 5.41) is 0. The Kier molecular flexibility index (Phi) is 5.72. The lowest BCUT2D eigenvalue weighted by atomic mass is 10.0. The Morgan fingerprint density at radius 3 is 3.00 bits per heavy atom. The maximum Gasteiger partial charge on any atom is 0.191 e. The van der Waals surface area contributed by atoms with Gasteiger partial charge in [0.2, 0.25) is 0 Å². The highest BCUT2D eigenvalue weighted by molar-refractivity contribution is 14.0. The third kappa shape index (κ3) is 4.02. The predicted molar refractivity (Wildman–Crippen MR) is 96.4 cm³/mol. The van der Waals surface area contributed by atoms with Crippen molar-refractivity contribution >= 4 is 29.9 Å². The number of nitrogens with zero attached hydrogens (tertiary/aromatic N) is 2. The SMILES string of the molecule is CC1CCCN(C(N)=NCC2Cc3ccccc3O2)C1.I. The average Bonchev–Trinajstić information content (AvgIpc) is 2.87. The molecular weight excluding hydrogens is 377 g/mol. The van der Waals surface area contributed by atoms with Gasteiger partial charge >= 0.3 is 0 Å². The van der Waals surface area contributed by atoms with Crippen LogP contribution in [-0.4, -0.2) is 36.6 Å². The van der Waals surface area contributed by atoms with Crippen molar-refractivity contribution in [1.29, 1.82) is 0 Å². The number of piperidine rings is 1. The number of para-hydroxylation sites is 1. The number of guanidine groups is 1. The molecule has 2 heterocycles. The molecule has 0 saturated carbocycles. The Hall–Kier alpha value is -0.980. The van der Waals surface area contributed by atoms with Gasteiger partial charge in [-0.15, -0.1) is 24.0 Å². The van der Waals surface area contributed by atoms with Crippen molar-refractivity contribution in [3.05, 3.63) is 29.8 Å². The fraction of sp³-hybridized carbons (Fsp3) is 0.562. The molecular formula is C16H24IN3O. The van der Waals surface area contributed by atoms with Gasteiger partial charge in [0.05, 0.1) is 6.54 Å². The van der Waals surface area contributed by atoms with E-state index in [2.05, 4.69) is 28.9 Å². The van der Waals surface area contributed by atoms with Crippen molar-refractivity contribution in [3.63, 3.8) is 0 Å². The summed E-state index contributed by atoms with van der Waals surface area (Å²) in [5.41, 5.74) is 7.39. The van der Waals surface area contributed by atoms with Gasteiger partial charge < -0.3 is 15.4 Å². The van der Waals surface area contributed by atoms with E-state index in [1.54, 1.807) is 0 Å². The second-order valence-electron chi connectivity index (χ2n) is 5.94. The van der Waals surface area contributed by atoms with E-state index in [0.717, 1.165) is 25.3 Å². The zero-order valence-electron chi connectivity index (χ0n) is 12.5. The number of halogens is 1. The highest BCUT2D eigenvalue weighted by Gasteiger charge is 2.23. The Labute approximate surface area is 143 Å². The molecule has 1 saturated heterocycles. The number of ether oxygens (including phenoxy) is 1. The van der Waals surface area contributed by atoms with Gasteiger partial charge in [-0.3, -0.25) is 0 Å². The molecule has 0 aromatic heterocycles. The van der Waals surface area contributed by atoms with Crippen LogP contribution in [0, 0.1) is 5.92 Å². The molecule has 2 unspecified atom stereocenters. The Morgan fingerprint density at radius 1 is 1.43 bits per heavy atom. The number of hydrogen-bond acceptors (Lipinski definition) is 2. The van der Waals surface area contributed by atoms with Crippen molar-refractivity contribution in [3.8, 4) is 5.75 Å². The minimum Gasteiger partial charge on any atom is -0.488 e. The molecule has 2 atom stereocenters. The van der Waals surface area contributed by atoms with Crippen LogP contribution in [0.3, 0.4) is 0 Å². The topological polar surface area (TPSA) is 50.8 Å². The first-order valence-corrected chi connectivity index (χ1v) is 7.52. The van der Waals surface area contributed by atoms with E-state index in [0.29, 0.717) is 18.4 Å². The molecule has 2 N–H and O–H groups in total. The van der Waals surface area contributed by atoms with Gasteiger partial charge in [-0.25, -0.2) is 4.99 Å². The van der Waals surface area contributed by atoms with Gasteiger partial charge in [-0.1, -0.05) is 25.1 Å². The average molecular weight is 401 g/mol. The van der Waals surface area contributed by atoms with Crippen LogP contribution < -0.4 is 10.5 Å². The van der Waals surface area contributed by atoms with E-state index in [-0.39, 0.29) is 30.1 Å². The number of aliphatic imine (C=N–C) groups is 1. The van der Waals surface area contributed by atoms with Crippen LogP contribution in [-0.2, 0) is 6.42 Å². The number of benzene rings is 1. The summed E-state index contributed by atoms with van der Waals surface area (Å²) >= 11 is 0. The molecule has 4 nitrogen and oxygen atoms in total. The Balaban J connectivity index is 0.00000161. The lowest BCUT2D eigenvalue weighted by molar-refractivity contribution is 0.238. The summed E-state index contributed by atoms with van der Waals surface area (Å²) in [4.78, 5) is 6.75. The molecule has 21 heavy (non-hydrogen) atoms. The minimum atomic E-state index is 0. The highest BCUT2D eigenvalue weighted by atomic mass is 127. The molecule has 1 aromatic carbocycles. The van der Waals surface area contributed by atoms with Crippen molar-refractivity contribution in [2.45, 2.75) is 32.3 Å². The number of rotatable bonds is 2. The lowest BCUT2D eigenvalue weighted by Crippen LogP contribution is -2.44. The molecule has 3 rings (SSSR count). The maximum absolute atomic E-state index is 6.11. The minimum absolute atomic E-state index is 0. The molecule has 5 heteroatoms. The van der Waals surface area contributed by atoms with Crippen LogP contribution in [0.1, 0.15) is 25.3 Å².